The van der Waals surface area contributed by atoms with Crippen LogP contribution in [0.3, 0.4) is 0 Å². The zero-order chi connectivity index (χ0) is 14.6. The van der Waals surface area contributed by atoms with Crippen molar-refractivity contribution in [3.63, 3.8) is 0 Å². The molecular weight excluding hydrogens is 244 g/mol. The van der Waals surface area contributed by atoms with Crippen LogP contribution in [0.4, 0.5) is 0 Å². The topological polar surface area (TPSA) is 9.23 Å². The molecule has 0 aromatic heterocycles. The Labute approximate surface area is 121 Å². The summed E-state index contributed by atoms with van der Waals surface area (Å²) in [7, 11) is 1.66. The Hall–Kier alpha value is -2.20. The second-order valence-electron chi connectivity index (χ2n) is 5.81. The second kappa shape index (κ2) is 5.84. The number of ether oxygens (including phenoxy) is 1. The molecule has 0 atom stereocenters. The molecule has 2 aromatic carbocycles. The first kappa shape index (κ1) is 14.2. The molecule has 0 amide bonds. The van der Waals surface area contributed by atoms with Gasteiger partial charge in [0.25, 0.3) is 0 Å². The van der Waals surface area contributed by atoms with Crippen LogP contribution in [0.15, 0.2) is 48.5 Å². The van der Waals surface area contributed by atoms with Gasteiger partial charge in [-0.05, 0) is 41.3 Å². The summed E-state index contributed by atoms with van der Waals surface area (Å²) >= 11 is 0. The Morgan fingerprint density at radius 2 is 1.50 bits per heavy atom. The van der Waals surface area contributed by atoms with Crippen LogP contribution < -0.4 is 4.74 Å². The maximum Gasteiger partial charge on any atom is 0.120 e. The Morgan fingerprint density at radius 3 is 2.10 bits per heavy atom. The van der Waals surface area contributed by atoms with Gasteiger partial charge in [-0.3, -0.25) is 0 Å². The van der Waals surface area contributed by atoms with E-state index in [0.29, 0.717) is 0 Å². The summed E-state index contributed by atoms with van der Waals surface area (Å²) < 4.78 is 5.19. The Balaban J connectivity index is 2.20. The summed E-state index contributed by atoms with van der Waals surface area (Å²) in [5.74, 6) is 7.18. The van der Waals surface area contributed by atoms with Crippen LogP contribution >= 0.6 is 0 Å². The summed E-state index contributed by atoms with van der Waals surface area (Å²) in [6.07, 6.45) is 0. The smallest absolute Gasteiger partial charge is 0.120 e. The SMILES string of the molecule is COc1cccc(C#Cc2ccc(C(C)(C)C)cc2)c1. The van der Waals surface area contributed by atoms with Crippen LogP contribution in [0.1, 0.15) is 37.5 Å². The molecule has 1 heteroatoms. The van der Waals surface area contributed by atoms with E-state index >= 15 is 0 Å². The molecule has 0 radical (unpaired) electrons. The fourth-order valence-electron chi connectivity index (χ4n) is 1.90. The van der Waals surface area contributed by atoms with Crippen molar-refractivity contribution in [2.24, 2.45) is 0 Å². The van der Waals surface area contributed by atoms with Gasteiger partial charge in [0.15, 0.2) is 0 Å². The fourth-order valence-corrected chi connectivity index (χ4v) is 1.90. The first-order valence-electron chi connectivity index (χ1n) is 6.76. The van der Waals surface area contributed by atoms with Crippen molar-refractivity contribution in [2.75, 3.05) is 7.11 Å². The van der Waals surface area contributed by atoms with Gasteiger partial charge in [-0.15, -0.1) is 0 Å². The zero-order valence-corrected chi connectivity index (χ0v) is 12.5. The maximum atomic E-state index is 5.19. The van der Waals surface area contributed by atoms with Gasteiger partial charge in [-0.25, -0.2) is 0 Å². The summed E-state index contributed by atoms with van der Waals surface area (Å²) in [6, 6.07) is 16.2. The quantitative estimate of drug-likeness (QED) is 0.694. The molecule has 0 aliphatic rings. The lowest BCUT2D eigenvalue weighted by Crippen LogP contribution is -2.10. The lowest BCUT2D eigenvalue weighted by atomic mass is 9.87. The Kier molecular flexibility index (Phi) is 4.15. The minimum Gasteiger partial charge on any atom is -0.497 e. The van der Waals surface area contributed by atoms with Gasteiger partial charge in [0.1, 0.15) is 5.75 Å². The van der Waals surface area contributed by atoms with Crippen molar-refractivity contribution >= 4 is 0 Å². The minimum atomic E-state index is 0.179. The molecule has 0 unspecified atom stereocenters. The van der Waals surface area contributed by atoms with E-state index in [1.165, 1.54) is 5.56 Å². The van der Waals surface area contributed by atoms with E-state index < -0.39 is 0 Å². The lowest BCUT2D eigenvalue weighted by molar-refractivity contribution is 0.414. The number of rotatable bonds is 1. The highest BCUT2D eigenvalue weighted by Gasteiger charge is 2.12. The van der Waals surface area contributed by atoms with Gasteiger partial charge in [0.2, 0.25) is 0 Å². The summed E-state index contributed by atoms with van der Waals surface area (Å²) in [5.41, 5.74) is 3.49. The first-order valence-corrected chi connectivity index (χ1v) is 6.76. The summed E-state index contributed by atoms with van der Waals surface area (Å²) in [5, 5.41) is 0. The number of hydrogen-bond acceptors (Lipinski definition) is 1. The van der Waals surface area contributed by atoms with Gasteiger partial charge in [-0.1, -0.05) is 50.8 Å². The van der Waals surface area contributed by atoms with Crippen LogP contribution in [-0.2, 0) is 5.41 Å². The molecule has 0 fully saturated rings. The highest BCUT2D eigenvalue weighted by Crippen LogP contribution is 2.22. The van der Waals surface area contributed by atoms with Gasteiger partial charge in [0.05, 0.1) is 7.11 Å². The van der Waals surface area contributed by atoms with E-state index in [1.54, 1.807) is 7.11 Å². The molecule has 0 spiro atoms. The van der Waals surface area contributed by atoms with E-state index in [9.17, 15) is 0 Å². The molecular formula is C19H20O. The monoisotopic (exact) mass is 264 g/mol. The van der Waals surface area contributed by atoms with Crippen LogP contribution in [0.25, 0.3) is 0 Å². The van der Waals surface area contributed by atoms with E-state index in [-0.39, 0.29) is 5.41 Å². The molecule has 0 N–H and O–H groups in total. The average Bonchev–Trinajstić information content (AvgIpc) is 2.45. The number of methoxy groups -OCH3 is 1. The third-order valence-electron chi connectivity index (χ3n) is 3.17. The van der Waals surface area contributed by atoms with Crippen molar-refractivity contribution in [1.82, 2.24) is 0 Å². The highest BCUT2D eigenvalue weighted by molar-refractivity contribution is 5.46. The van der Waals surface area contributed by atoms with Gasteiger partial charge in [-0.2, -0.15) is 0 Å². The predicted molar refractivity (Wildman–Crippen MR) is 84.1 cm³/mol. The molecule has 0 saturated carbocycles. The third-order valence-corrected chi connectivity index (χ3v) is 3.17. The molecule has 102 valence electrons. The molecule has 0 aliphatic heterocycles. The third kappa shape index (κ3) is 3.65. The molecule has 1 nitrogen and oxygen atoms in total. The maximum absolute atomic E-state index is 5.19. The van der Waals surface area contributed by atoms with E-state index in [0.717, 1.165) is 16.9 Å². The van der Waals surface area contributed by atoms with Crippen molar-refractivity contribution in [1.29, 1.82) is 0 Å². The van der Waals surface area contributed by atoms with E-state index in [4.69, 9.17) is 4.74 Å². The predicted octanol–water partition coefficient (Wildman–Crippen LogP) is 4.39. The van der Waals surface area contributed by atoms with Crippen LogP contribution in [0.5, 0.6) is 5.75 Å². The van der Waals surface area contributed by atoms with E-state index in [2.05, 4.69) is 56.9 Å². The van der Waals surface area contributed by atoms with Gasteiger partial charge >= 0.3 is 0 Å². The largest absolute Gasteiger partial charge is 0.497 e. The lowest BCUT2D eigenvalue weighted by Gasteiger charge is -2.18. The average molecular weight is 264 g/mol. The van der Waals surface area contributed by atoms with Crippen molar-refractivity contribution < 1.29 is 4.74 Å². The zero-order valence-electron chi connectivity index (χ0n) is 12.5. The Bertz CT molecular complexity index is 634. The molecule has 0 saturated heterocycles. The molecule has 2 rings (SSSR count). The van der Waals surface area contributed by atoms with E-state index in [1.807, 2.05) is 24.3 Å². The minimum absolute atomic E-state index is 0.179. The molecule has 0 aliphatic carbocycles. The number of benzene rings is 2. The van der Waals surface area contributed by atoms with Crippen LogP contribution in [0.2, 0.25) is 0 Å². The highest BCUT2D eigenvalue weighted by atomic mass is 16.5. The first-order chi connectivity index (χ1) is 9.49. The van der Waals surface area contributed by atoms with Crippen LogP contribution in [-0.4, -0.2) is 7.11 Å². The fraction of sp³-hybridized carbons (Fsp3) is 0.263. The molecule has 2 aromatic rings. The molecule has 20 heavy (non-hydrogen) atoms. The summed E-state index contributed by atoms with van der Waals surface area (Å²) in [6.45, 7) is 6.64. The summed E-state index contributed by atoms with van der Waals surface area (Å²) in [4.78, 5) is 0. The number of hydrogen-bond donors (Lipinski definition) is 0. The van der Waals surface area contributed by atoms with Crippen molar-refractivity contribution in [3.8, 4) is 17.6 Å². The standard InChI is InChI=1S/C19H20O/c1-19(2,3)17-12-10-15(11-13-17)8-9-16-6-5-7-18(14-16)20-4/h5-7,10-14H,1-4H3. The van der Waals surface area contributed by atoms with Crippen molar-refractivity contribution in [2.45, 2.75) is 26.2 Å². The van der Waals surface area contributed by atoms with Crippen molar-refractivity contribution in [3.05, 3.63) is 65.2 Å². The van der Waals surface area contributed by atoms with Gasteiger partial charge < -0.3 is 4.74 Å². The molecule has 0 bridgehead atoms. The Morgan fingerprint density at radius 1 is 0.850 bits per heavy atom. The van der Waals surface area contributed by atoms with Crippen LogP contribution in [0, 0.1) is 11.8 Å². The second-order valence-corrected chi connectivity index (χ2v) is 5.81. The normalized spacial score (nSPS) is 10.6. The molecule has 0 heterocycles. The van der Waals surface area contributed by atoms with Gasteiger partial charge in [0, 0.05) is 11.1 Å².